The Kier molecular flexibility index (Phi) is 23.5. The van der Waals surface area contributed by atoms with Gasteiger partial charge in [0.15, 0.2) is 0 Å². The molecule has 0 aliphatic heterocycles. The third kappa shape index (κ3) is 23.9. The molecular formula is C30H41BrO8. The number of carbonyl (C=O) groups excluding carboxylic acids is 4. The van der Waals surface area contributed by atoms with Crippen molar-refractivity contribution < 1.29 is 38.1 Å². The van der Waals surface area contributed by atoms with Crippen molar-refractivity contribution in [3.05, 3.63) is 71.8 Å². The minimum absolute atomic E-state index is 0.0956. The molecule has 0 fully saturated rings. The SMILES string of the molecule is BrCCOCc1ccccc1.CCOC(=O)CC(=O)CCCOCc1ccccc1.CCOC(=O)CC(C)=O. The van der Waals surface area contributed by atoms with Crippen LogP contribution in [0.1, 0.15) is 57.6 Å². The van der Waals surface area contributed by atoms with Gasteiger partial charge in [0.1, 0.15) is 24.4 Å². The topological polar surface area (TPSA) is 105 Å². The zero-order valence-electron chi connectivity index (χ0n) is 23.2. The molecule has 0 spiro atoms. The first-order valence-electron chi connectivity index (χ1n) is 12.9. The molecule has 0 N–H and O–H groups in total. The predicted molar refractivity (Wildman–Crippen MR) is 153 cm³/mol. The van der Waals surface area contributed by atoms with E-state index in [0.717, 1.165) is 17.5 Å². The second-order valence-corrected chi connectivity index (χ2v) is 8.87. The van der Waals surface area contributed by atoms with Gasteiger partial charge in [-0.25, -0.2) is 0 Å². The van der Waals surface area contributed by atoms with E-state index in [-0.39, 0.29) is 24.4 Å². The fourth-order valence-corrected chi connectivity index (χ4v) is 3.06. The molecule has 0 saturated heterocycles. The highest BCUT2D eigenvalue weighted by atomic mass is 79.9. The molecule has 0 saturated carbocycles. The maximum absolute atomic E-state index is 11.4. The summed E-state index contributed by atoms with van der Waals surface area (Å²) in [6.45, 7) is 7.99. The van der Waals surface area contributed by atoms with Crippen LogP contribution in [-0.2, 0) is 51.3 Å². The van der Waals surface area contributed by atoms with Gasteiger partial charge in [0, 0.05) is 18.4 Å². The Morgan fingerprint density at radius 2 is 1.15 bits per heavy atom. The van der Waals surface area contributed by atoms with E-state index in [1.54, 1.807) is 13.8 Å². The van der Waals surface area contributed by atoms with Crippen LogP contribution >= 0.6 is 15.9 Å². The molecule has 0 atom stereocenters. The van der Waals surface area contributed by atoms with E-state index in [1.165, 1.54) is 12.5 Å². The summed E-state index contributed by atoms with van der Waals surface area (Å²) in [6, 6.07) is 20.0. The summed E-state index contributed by atoms with van der Waals surface area (Å²) in [7, 11) is 0. The third-order valence-corrected chi connectivity index (χ3v) is 4.86. The number of alkyl halides is 1. The lowest BCUT2D eigenvalue weighted by atomic mass is 10.2. The largest absolute Gasteiger partial charge is 0.466 e. The highest BCUT2D eigenvalue weighted by Crippen LogP contribution is 2.03. The lowest BCUT2D eigenvalue weighted by Crippen LogP contribution is -2.11. The fraction of sp³-hybridized carbons (Fsp3) is 0.467. The van der Waals surface area contributed by atoms with E-state index < -0.39 is 11.9 Å². The summed E-state index contributed by atoms with van der Waals surface area (Å²) >= 11 is 3.30. The van der Waals surface area contributed by atoms with Crippen molar-refractivity contribution in [3.8, 4) is 0 Å². The van der Waals surface area contributed by atoms with Crippen LogP contribution in [0, 0.1) is 0 Å². The van der Waals surface area contributed by atoms with Crippen molar-refractivity contribution in [1.29, 1.82) is 0 Å². The van der Waals surface area contributed by atoms with Crippen LogP contribution < -0.4 is 0 Å². The van der Waals surface area contributed by atoms with Crippen LogP contribution in [0.3, 0.4) is 0 Å². The molecular weight excluding hydrogens is 568 g/mol. The van der Waals surface area contributed by atoms with Crippen LogP contribution in [0.4, 0.5) is 0 Å². The lowest BCUT2D eigenvalue weighted by Gasteiger charge is -2.04. The molecule has 39 heavy (non-hydrogen) atoms. The van der Waals surface area contributed by atoms with Gasteiger partial charge in [0.25, 0.3) is 0 Å². The van der Waals surface area contributed by atoms with Crippen molar-refractivity contribution in [1.82, 2.24) is 0 Å². The smallest absolute Gasteiger partial charge is 0.313 e. The summed E-state index contributed by atoms with van der Waals surface area (Å²) in [5.41, 5.74) is 2.34. The average Bonchev–Trinajstić information content (AvgIpc) is 2.90. The zero-order valence-corrected chi connectivity index (χ0v) is 24.8. The van der Waals surface area contributed by atoms with Gasteiger partial charge in [-0.1, -0.05) is 76.6 Å². The maximum Gasteiger partial charge on any atom is 0.313 e. The number of hydrogen-bond acceptors (Lipinski definition) is 8. The second-order valence-electron chi connectivity index (χ2n) is 8.07. The molecule has 0 unspecified atom stereocenters. The van der Waals surface area contributed by atoms with Gasteiger partial charge < -0.3 is 18.9 Å². The Morgan fingerprint density at radius 1 is 0.692 bits per heavy atom. The number of Topliss-reactive ketones (excluding diaryl/α,β-unsaturated/α-hetero) is 2. The summed E-state index contributed by atoms with van der Waals surface area (Å²) in [4.78, 5) is 43.1. The van der Waals surface area contributed by atoms with E-state index in [4.69, 9.17) is 14.2 Å². The third-order valence-electron chi connectivity index (χ3n) is 4.53. The Morgan fingerprint density at radius 3 is 1.59 bits per heavy atom. The van der Waals surface area contributed by atoms with Gasteiger partial charge in [-0.2, -0.15) is 0 Å². The first kappa shape index (κ1) is 36.1. The van der Waals surface area contributed by atoms with Gasteiger partial charge in [-0.3, -0.25) is 19.2 Å². The highest BCUT2D eigenvalue weighted by molar-refractivity contribution is 9.09. The Labute approximate surface area is 240 Å². The standard InChI is InChI=1S/C15H20O4.C9H11BrO.C6H10O3/c1-2-19-15(17)11-14(16)9-6-10-18-12-13-7-4-3-5-8-13;10-6-7-11-8-9-4-2-1-3-5-9;1-3-9-6(8)4-5(2)7/h3-5,7-8H,2,6,9-12H2,1H3;1-5H,6-8H2;3-4H2,1-2H3. The first-order chi connectivity index (χ1) is 18.8. The molecule has 0 radical (unpaired) electrons. The highest BCUT2D eigenvalue weighted by Gasteiger charge is 2.09. The summed E-state index contributed by atoms with van der Waals surface area (Å²) < 4.78 is 20.0. The van der Waals surface area contributed by atoms with Gasteiger partial charge in [-0.15, -0.1) is 0 Å². The molecule has 9 heteroatoms. The quantitative estimate of drug-likeness (QED) is 0.104. The molecule has 0 heterocycles. The van der Waals surface area contributed by atoms with Gasteiger partial charge in [0.2, 0.25) is 0 Å². The van der Waals surface area contributed by atoms with Crippen LogP contribution in [-0.4, -0.2) is 55.3 Å². The Balaban J connectivity index is 0.000000612. The molecule has 8 nitrogen and oxygen atoms in total. The lowest BCUT2D eigenvalue weighted by molar-refractivity contribution is -0.147. The number of hydrogen-bond donors (Lipinski definition) is 0. The molecule has 2 rings (SSSR count). The van der Waals surface area contributed by atoms with Crippen molar-refractivity contribution in [2.24, 2.45) is 0 Å². The van der Waals surface area contributed by atoms with E-state index in [2.05, 4.69) is 32.8 Å². The van der Waals surface area contributed by atoms with E-state index >= 15 is 0 Å². The number of esters is 2. The van der Waals surface area contributed by atoms with Gasteiger partial charge in [-0.05, 0) is 38.3 Å². The minimum Gasteiger partial charge on any atom is -0.466 e. The normalized spacial score (nSPS) is 9.74. The van der Waals surface area contributed by atoms with Crippen LogP contribution in [0.15, 0.2) is 60.7 Å². The summed E-state index contributed by atoms with van der Waals surface area (Å²) in [6.07, 6.45) is 0.749. The fourth-order valence-electron chi connectivity index (χ4n) is 2.83. The molecule has 2 aromatic carbocycles. The average molecular weight is 610 g/mol. The van der Waals surface area contributed by atoms with Crippen molar-refractivity contribution in [2.45, 2.75) is 59.7 Å². The molecule has 2 aromatic rings. The number of carbonyl (C=O) groups is 4. The summed E-state index contributed by atoms with van der Waals surface area (Å²) in [5.74, 6) is -1.14. The van der Waals surface area contributed by atoms with E-state index in [1.807, 2.05) is 48.5 Å². The monoisotopic (exact) mass is 608 g/mol. The van der Waals surface area contributed by atoms with Crippen molar-refractivity contribution in [2.75, 3.05) is 31.8 Å². The molecule has 0 bridgehead atoms. The van der Waals surface area contributed by atoms with E-state index in [9.17, 15) is 19.2 Å². The number of rotatable bonds is 16. The molecule has 0 amide bonds. The summed E-state index contributed by atoms with van der Waals surface area (Å²) in [5, 5.41) is 0.903. The molecule has 216 valence electrons. The number of ketones is 2. The van der Waals surface area contributed by atoms with Crippen molar-refractivity contribution >= 4 is 39.4 Å². The zero-order chi connectivity index (χ0) is 29.1. The number of benzene rings is 2. The number of ether oxygens (including phenoxy) is 4. The van der Waals surface area contributed by atoms with Crippen LogP contribution in [0.25, 0.3) is 0 Å². The maximum atomic E-state index is 11.4. The predicted octanol–water partition coefficient (Wildman–Crippen LogP) is 5.63. The second kappa shape index (κ2) is 25.4. The molecule has 0 aliphatic carbocycles. The Bertz CT molecular complexity index is 919. The van der Waals surface area contributed by atoms with E-state index in [0.29, 0.717) is 45.9 Å². The minimum atomic E-state index is -0.447. The molecule has 0 aliphatic rings. The Hall–Kier alpha value is -2.88. The molecule has 0 aromatic heterocycles. The number of halogens is 1. The van der Waals surface area contributed by atoms with Crippen LogP contribution in [0.5, 0.6) is 0 Å². The van der Waals surface area contributed by atoms with Gasteiger partial charge >= 0.3 is 11.9 Å². The van der Waals surface area contributed by atoms with Crippen LogP contribution in [0.2, 0.25) is 0 Å². The van der Waals surface area contributed by atoms with Crippen molar-refractivity contribution in [3.63, 3.8) is 0 Å². The van der Waals surface area contributed by atoms with Gasteiger partial charge in [0.05, 0.1) is 33.0 Å². The first-order valence-corrected chi connectivity index (χ1v) is 14.1.